The molecule has 0 spiro atoms. The highest BCUT2D eigenvalue weighted by atomic mass is 15.1. The molecule has 0 amide bonds. The Kier molecular flexibility index (Phi) is 5.42. The second-order valence-corrected chi connectivity index (χ2v) is 5.68. The van der Waals surface area contributed by atoms with Gasteiger partial charge in [0.2, 0.25) is 0 Å². The minimum absolute atomic E-state index is 0.368. The molecule has 1 fully saturated rings. The molecule has 0 heterocycles. The van der Waals surface area contributed by atoms with Gasteiger partial charge in [0.1, 0.15) is 5.54 Å². The van der Waals surface area contributed by atoms with E-state index >= 15 is 0 Å². The van der Waals surface area contributed by atoms with Crippen LogP contribution in [0.5, 0.6) is 0 Å². The Bertz CT molecular complexity index is 267. The first-order valence-electron chi connectivity index (χ1n) is 6.89. The SMILES string of the molecule is CCCNC(C)(C#N)CCN(C)C(C)C1CC1. The monoisotopic (exact) mass is 237 g/mol. The lowest BCUT2D eigenvalue weighted by atomic mass is 9.99. The average Bonchev–Trinajstić information content (AvgIpc) is 3.16. The fourth-order valence-corrected chi connectivity index (χ4v) is 2.13. The zero-order chi connectivity index (χ0) is 12.9. The molecule has 1 aliphatic carbocycles. The van der Waals surface area contributed by atoms with Gasteiger partial charge in [0.05, 0.1) is 6.07 Å². The molecule has 0 bridgehead atoms. The first-order valence-corrected chi connectivity index (χ1v) is 6.89. The molecule has 2 atom stereocenters. The molecular formula is C14H27N3. The summed E-state index contributed by atoms with van der Waals surface area (Å²) in [4.78, 5) is 2.40. The highest BCUT2D eigenvalue weighted by Gasteiger charge is 2.31. The van der Waals surface area contributed by atoms with Gasteiger partial charge in [0.15, 0.2) is 0 Å². The van der Waals surface area contributed by atoms with Crippen molar-refractivity contribution in [3.05, 3.63) is 0 Å². The number of nitrogens with one attached hydrogen (secondary N) is 1. The molecule has 1 N–H and O–H groups in total. The molecule has 98 valence electrons. The lowest BCUT2D eigenvalue weighted by Crippen LogP contribution is -2.45. The van der Waals surface area contributed by atoms with Crippen LogP contribution in [0.2, 0.25) is 0 Å². The zero-order valence-corrected chi connectivity index (χ0v) is 11.8. The minimum atomic E-state index is -0.368. The van der Waals surface area contributed by atoms with Gasteiger partial charge in [-0.15, -0.1) is 0 Å². The molecule has 3 heteroatoms. The number of hydrogen-bond acceptors (Lipinski definition) is 3. The van der Waals surface area contributed by atoms with Crippen molar-refractivity contribution < 1.29 is 0 Å². The largest absolute Gasteiger partial charge is 0.303 e. The molecule has 0 aliphatic heterocycles. The van der Waals surface area contributed by atoms with Gasteiger partial charge in [0, 0.05) is 12.6 Å². The van der Waals surface area contributed by atoms with Crippen molar-refractivity contribution >= 4 is 0 Å². The average molecular weight is 237 g/mol. The number of rotatable bonds is 8. The van der Waals surface area contributed by atoms with Crippen molar-refractivity contribution in [2.24, 2.45) is 5.92 Å². The van der Waals surface area contributed by atoms with Crippen LogP contribution in [0, 0.1) is 17.2 Å². The van der Waals surface area contributed by atoms with Crippen LogP contribution in [0.4, 0.5) is 0 Å². The summed E-state index contributed by atoms with van der Waals surface area (Å²) < 4.78 is 0. The van der Waals surface area contributed by atoms with Crippen molar-refractivity contribution in [2.75, 3.05) is 20.1 Å². The van der Waals surface area contributed by atoms with Crippen LogP contribution in [-0.4, -0.2) is 36.6 Å². The minimum Gasteiger partial charge on any atom is -0.303 e. The lowest BCUT2D eigenvalue weighted by Gasteiger charge is -2.29. The van der Waals surface area contributed by atoms with Crippen LogP contribution < -0.4 is 5.32 Å². The summed E-state index contributed by atoms with van der Waals surface area (Å²) in [5, 5.41) is 12.6. The summed E-state index contributed by atoms with van der Waals surface area (Å²) in [5.41, 5.74) is -0.368. The van der Waals surface area contributed by atoms with Gasteiger partial charge in [-0.1, -0.05) is 6.92 Å². The standard InChI is InChI=1S/C14H27N3/c1-5-9-16-14(3,11-15)8-10-17(4)12(2)13-6-7-13/h12-13,16H,5-10H2,1-4H3. The molecule has 1 saturated carbocycles. The van der Waals surface area contributed by atoms with Crippen LogP contribution in [-0.2, 0) is 0 Å². The van der Waals surface area contributed by atoms with E-state index in [1.807, 2.05) is 6.92 Å². The van der Waals surface area contributed by atoms with E-state index in [1.165, 1.54) is 12.8 Å². The molecule has 0 aromatic rings. The number of nitriles is 1. The molecule has 0 aromatic carbocycles. The topological polar surface area (TPSA) is 39.1 Å². The molecule has 0 saturated heterocycles. The van der Waals surface area contributed by atoms with E-state index in [0.717, 1.165) is 31.8 Å². The Morgan fingerprint density at radius 3 is 2.65 bits per heavy atom. The smallest absolute Gasteiger partial charge is 0.105 e. The first-order chi connectivity index (χ1) is 8.02. The molecule has 1 rings (SSSR count). The summed E-state index contributed by atoms with van der Waals surface area (Å²) >= 11 is 0. The Morgan fingerprint density at radius 2 is 2.18 bits per heavy atom. The van der Waals surface area contributed by atoms with Gasteiger partial charge in [-0.25, -0.2) is 0 Å². The van der Waals surface area contributed by atoms with Gasteiger partial charge < -0.3 is 4.90 Å². The van der Waals surface area contributed by atoms with Crippen LogP contribution >= 0.6 is 0 Å². The van der Waals surface area contributed by atoms with E-state index in [0.29, 0.717) is 6.04 Å². The van der Waals surface area contributed by atoms with Crippen LogP contribution in [0.3, 0.4) is 0 Å². The maximum absolute atomic E-state index is 9.25. The third-order valence-corrected chi connectivity index (χ3v) is 3.98. The van der Waals surface area contributed by atoms with Crippen LogP contribution in [0.25, 0.3) is 0 Å². The fraction of sp³-hybridized carbons (Fsp3) is 0.929. The Labute approximate surface area is 106 Å². The van der Waals surface area contributed by atoms with E-state index in [1.54, 1.807) is 0 Å². The summed E-state index contributed by atoms with van der Waals surface area (Å²) in [7, 11) is 2.18. The van der Waals surface area contributed by atoms with Crippen molar-refractivity contribution in [3.63, 3.8) is 0 Å². The fourth-order valence-electron chi connectivity index (χ4n) is 2.13. The number of hydrogen-bond donors (Lipinski definition) is 1. The maximum atomic E-state index is 9.25. The molecule has 3 nitrogen and oxygen atoms in total. The van der Waals surface area contributed by atoms with Gasteiger partial charge >= 0.3 is 0 Å². The van der Waals surface area contributed by atoms with Crippen molar-refractivity contribution in [1.82, 2.24) is 10.2 Å². The van der Waals surface area contributed by atoms with E-state index < -0.39 is 0 Å². The van der Waals surface area contributed by atoms with Crippen molar-refractivity contribution in [1.29, 1.82) is 5.26 Å². The first kappa shape index (κ1) is 14.5. The zero-order valence-electron chi connectivity index (χ0n) is 11.8. The number of nitrogens with zero attached hydrogens (tertiary/aromatic N) is 2. The highest BCUT2D eigenvalue weighted by Crippen LogP contribution is 2.34. The normalized spacial score (nSPS) is 20.9. The molecular weight excluding hydrogens is 210 g/mol. The van der Waals surface area contributed by atoms with E-state index in [4.69, 9.17) is 0 Å². The molecule has 17 heavy (non-hydrogen) atoms. The molecule has 1 aliphatic rings. The summed E-state index contributed by atoms with van der Waals surface area (Å²) in [6.07, 6.45) is 4.74. The molecule has 2 unspecified atom stereocenters. The van der Waals surface area contributed by atoms with Gasteiger partial charge in [-0.05, 0) is 59.0 Å². The Hall–Kier alpha value is -0.590. The second kappa shape index (κ2) is 6.37. The van der Waals surface area contributed by atoms with Gasteiger partial charge in [-0.2, -0.15) is 5.26 Å². The second-order valence-electron chi connectivity index (χ2n) is 5.68. The van der Waals surface area contributed by atoms with E-state index in [2.05, 4.69) is 37.2 Å². The van der Waals surface area contributed by atoms with Gasteiger partial charge in [-0.3, -0.25) is 5.32 Å². The predicted octanol–water partition coefficient (Wildman–Crippen LogP) is 2.39. The summed E-state index contributed by atoms with van der Waals surface area (Å²) in [6.45, 7) is 8.37. The molecule has 0 aromatic heterocycles. The van der Waals surface area contributed by atoms with E-state index in [-0.39, 0.29) is 5.54 Å². The third kappa shape index (κ3) is 4.65. The lowest BCUT2D eigenvalue weighted by molar-refractivity contribution is 0.213. The third-order valence-electron chi connectivity index (χ3n) is 3.98. The quantitative estimate of drug-likeness (QED) is 0.704. The Morgan fingerprint density at radius 1 is 1.53 bits per heavy atom. The van der Waals surface area contributed by atoms with Gasteiger partial charge in [0.25, 0.3) is 0 Å². The molecule has 0 radical (unpaired) electrons. The van der Waals surface area contributed by atoms with Crippen LogP contribution in [0.15, 0.2) is 0 Å². The predicted molar refractivity (Wildman–Crippen MR) is 71.7 cm³/mol. The van der Waals surface area contributed by atoms with Crippen LogP contribution in [0.1, 0.15) is 46.5 Å². The highest BCUT2D eigenvalue weighted by molar-refractivity contribution is 5.04. The van der Waals surface area contributed by atoms with Crippen molar-refractivity contribution in [3.8, 4) is 6.07 Å². The van der Waals surface area contributed by atoms with Crippen molar-refractivity contribution in [2.45, 2.75) is 58.0 Å². The Balaban J connectivity index is 2.33. The summed E-state index contributed by atoms with van der Waals surface area (Å²) in [5.74, 6) is 0.900. The van der Waals surface area contributed by atoms with E-state index in [9.17, 15) is 5.26 Å². The summed E-state index contributed by atoms with van der Waals surface area (Å²) in [6, 6.07) is 3.09. The maximum Gasteiger partial charge on any atom is 0.105 e.